The number of ether oxygens (including phenoxy) is 1. The van der Waals surface area contributed by atoms with E-state index >= 15 is 0 Å². The third-order valence-electron chi connectivity index (χ3n) is 4.69. The molecule has 1 aliphatic heterocycles. The van der Waals surface area contributed by atoms with Crippen LogP contribution in [-0.4, -0.2) is 47.4 Å². The summed E-state index contributed by atoms with van der Waals surface area (Å²) in [5, 5.41) is 9.04. The monoisotopic (exact) mass is 440 g/mol. The number of carboxylic acids is 1. The maximum atomic E-state index is 12.3. The van der Waals surface area contributed by atoms with Crippen LogP contribution in [0.15, 0.2) is 47.4 Å². The van der Waals surface area contributed by atoms with E-state index in [1.165, 1.54) is 12.1 Å². The van der Waals surface area contributed by atoms with Gasteiger partial charge in [0, 0.05) is 36.3 Å². The van der Waals surface area contributed by atoms with Crippen molar-refractivity contribution >= 4 is 23.6 Å². The molecule has 2 aromatic rings. The molecule has 0 radical (unpaired) electrons. The molecular formula is C21H23F3N2O3S. The molecule has 9 heteroatoms. The van der Waals surface area contributed by atoms with E-state index in [1.54, 1.807) is 24.1 Å². The summed E-state index contributed by atoms with van der Waals surface area (Å²) in [6.07, 6.45) is -4.70. The number of hydrogen-bond acceptors (Lipinski definition) is 5. The molecular weight excluding hydrogens is 417 g/mol. The minimum absolute atomic E-state index is 0.00732. The van der Waals surface area contributed by atoms with Gasteiger partial charge >= 0.3 is 12.3 Å². The summed E-state index contributed by atoms with van der Waals surface area (Å²) in [5.41, 5.74) is 2.64. The van der Waals surface area contributed by atoms with Crippen LogP contribution in [0.4, 0.5) is 18.9 Å². The number of carbonyl (C=O) groups is 1. The number of anilines is 1. The zero-order valence-electron chi connectivity index (χ0n) is 16.6. The van der Waals surface area contributed by atoms with Gasteiger partial charge in [0.05, 0.1) is 6.42 Å². The molecule has 1 atom stereocenters. The molecule has 0 spiro atoms. The van der Waals surface area contributed by atoms with Crippen molar-refractivity contribution in [2.45, 2.75) is 37.6 Å². The molecule has 1 saturated heterocycles. The number of rotatable bonds is 6. The van der Waals surface area contributed by atoms with Gasteiger partial charge in [-0.2, -0.15) is 0 Å². The molecule has 1 fully saturated rings. The minimum atomic E-state index is -4.70. The fraction of sp³-hybridized carbons (Fsp3) is 0.381. The van der Waals surface area contributed by atoms with E-state index in [9.17, 15) is 18.0 Å². The second kappa shape index (κ2) is 9.18. The molecule has 1 heterocycles. The smallest absolute Gasteiger partial charge is 0.481 e. The summed E-state index contributed by atoms with van der Waals surface area (Å²) >= 11 is 1.60. The Morgan fingerprint density at radius 3 is 2.50 bits per heavy atom. The van der Waals surface area contributed by atoms with E-state index in [-0.39, 0.29) is 18.2 Å². The van der Waals surface area contributed by atoms with Crippen molar-refractivity contribution in [1.82, 2.24) is 4.31 Å². The highest BCUT2D eigenvalue weighted by Crippen LogP contribution is 2.31. The summed E-state index contributed by atoms with van der Waals surface area (Å²) in [6, 6.07) is 11.9. The van der Waals surface area contributed by atoms with Gasteiger partial charge in [0.25, 0.3) is 0 Å². The Hall–Kier alpha value is -2.39. The molecule has 0 aliphatic carbocycles. The first-order valence-corrected chi connectivity index (χ1v) is 10.2. The number of halogens is 3. The van der Waals surface area contributed by atoms with E-state index in [1.807, 2.05) is 25.1 Å². The molecule has 2 aromatic carbocycles. The van der Waals surface area contributed by atoms with Crippen LogP contribution < -0.4 is 9.64 Å². The first-order chi connectivity index (χ1) is 14.1. The van der Waals surface area contributed by atoms with Crippen molar-refractivity contribution in [3.63, 3.8) is 0 Å². The van der Waals surface area contributed by atoms with Gasteiger partial charge in [0.1, 0.15) is 5.75 Å². The van der Waals surface area contributed by atoms with Gasteiger partial charge in [-0.15, -0.1) is 13.2 Å². The van der Waals surface area contributed by atoms with Gasteiger partial charge in [-0.1, -0.05) is 6.07 Å². The van der Waals surface area contributed by atoms with E-state index in [0.29, 0.717) is 0 Å². The van der Waals surface area contributed by atoms with Crippen LogP contribution in [0.2, 0.25) is 0 Å². The van der Waals surface area contributed by atoms with Gasteiger partial charge in [0.15, 0.2) is 0 Å². The summed E-state index contributed by atoms with van der Waals surface area (Å²) in [5.74, 6) is -1.09. The van der Waals surface area contributed by atoms with Gasteiger partial charge < -0.3 is 14.7 Å². The average Bonchev–Trinajstić information content (AvgIpc) is 2.62. The molecule has 3 rings (SSSR count). The van der Waals surface area contributed by atoms with Gasteiger partial charge in [-0.25, -0.2) is 4.31 Å². The molecule has 30 heavy (non-hydrogen) atoms. The van der Waals surface area contributed by atoms with Crippen molar-refractivity contribution in [2.75, 3.05) is 24.5 Å². The zero-order chi connectivity index (χ0) is 21.9. The van der Waals surface area contributed by atoms with E-state index < -0.39 is 12.3 Å². The van der Waals surface area contributed by atoms with Gasteiger partial charge in [-0.3, -0.25) is 4.79 Å². The molecule has 1 unspecified atom stereocenters. The van der Waals surface area contributed by atoms with E-state index in [4.69, 9.17) is 5.11 Å². The van der Waals surface area contributed by atoms with E-state index in [0.717, 1.165) is 41.3 Å². The SMILES string of the molecule is Cc1cc(CC(=O)O)cc(SN2CCN(c3ccc(OC(F)(F)F)cc3)CC2C)c1. The van der Waals surface area contributed by atoms with Crippen molar-refractivity contribution in [2.24, 2.45) is 0 Å². The molecule has 0 amide bonds. The Morgan fingerprint density at radius 2 is 1.90 bits per heavy atom. The topological polar surface area (TPSA) is 53.0 Å². The maximum Gasteiger partial charge on any atom is 0.573 e. The quantitative estimate of drug-likeness (QED) is 0.655. The highest BCUT2D eigenvalue weighted by Gasteiger charge is 2.31. The average molecular weight is 440 g/mol. The lowest BCUT2D eigenvalue weighted by Crippen LogP contribution is -2.49. The predicted octanol–water partition coefficient (Wildman–Crippen LogP) is 4.74. The molecule has 0 saturated carbocycles. The Labute approximate surface area is 177 Å². The fourth-order valence-corrected chi connectivity index (χ4v) is 4.59. The highest BCUT2D eigenvalue weighted by atomic mass is 32.2. The normalized spacial score (nSPS) is 17.8. The maximum absolute atomic E-state index is 12.3. The van der Waals surface area contributed by atoms with E-state index in [2.05, 4.69) is 20.9 Å². The van der Waals surface area contributed by atoms with Crippen molar-refractivity contribution < 1.29 is 27.8 Å². The van der Waals surface area contributed by atoms with Crippen molar-refractivity contribution in [1.29, 1.82) is 0 Å². The molecule has 0 aromatic heterocycles. The van der Waals surface area contributed by atoms with Crippen LogP contribution in [0.5, 0.6) is 5.75 Å². The summed E-state index contributed by atoms with van der Waals surface area (Å²) in [4.78, 5) is 14.1. The predicted molar refractivity (Wildman–Crippen MR) is 110 cm³/mol. The number of hydrogen-bond donors (Lipinski definition) is 1. The Balaban J connectivity index is 1.61. The molecule has 162 valence electrons. The van der Waals surface area contributed by atoms with Crippen molar-refractivity contribution in [3.05, 3.63) is 53.6 Å². The standard InChI is InChI=1S/C21H23F3N2O3S/c1-14-9-16(12-20(27)28)11-19(10-14)30-26-8-7-25(13-15(26)2)17-3-5-18(6-4-17)29-21(22,23)24/h3-6,9-11,15H,7-8,12-13H2,1-2H3,(H,27,28). The largest absolute Gasteiger partial charge is 0.573 e. The number of piperazine rings is 1. The second-order valence-electron chi connectivity index (χ2n) is 7.29. The van der Waals surface area contributed by atoms with Crippen molar-refractivity contribution in [3.8, 4) is 5.75 Å². The van der Waals surface area contributed by atoms with Crippen LogP contribution in [0, 0.1) is 6.92 Å². The number of alkyl halides is 3. The summed E-state index contributed by atoms with van der Waals surface area (Å²) in [6.45, 7) is 6.25. The van der Waals surface area contributed by atoms with Crippen LogP contribution in [-0.2, 0) is 11.2 Å². The first-order valence-electron chi connectivity index (χ1n) is 9.47. The molecule has 5 nitrogen and oxygen atoms in total. The fourth-order valence-electron chi connectivity index (χ4n) is 3.46. The Morgan fingerprint density at radius 1 is 1.20 bits per heavy atom. The number of aliphatic carboxylic acids is 1. The zero-order valence-corrected chi connectivity index (χ0v) is 17.5. The molecule has 0 bridgehead atoms. The highest BCUT2D eigenvalue weighted by molar-refractivity contribution is 7.97. The number of benzene rings is 2. The minimum Gasteiger partial charge on any atom is -0.481 e. The number of aryl methyl sites for hydroxylation is 1. The third kappa shape index (κ3) is 6.30. The lowest BCUT2D eigenvalue weighted by atomic mass is 10.1. The van der Waals surface area contributed by atoms with Crippen LogP contribution in [0.3, 0.4) is 0 Å². The number of carboxylic acid groups (broad SMARTS) is 1. The molecule has 1 aliphatic rings. The number of nitrogens with zero attached hydrogens (tertiary/aromatic N) is 2. The lowest BCUT2D eigenvalue weighted by molar-refractivity contribution is -0.274. The lowest BCUT2D eigenvalue weighted by Gasteiger charge is -2.40. The Bertz CT molecular complexity index is 890. The summed E-state index contributed by atoms with van der Waals surface area (Å²) < 4.78 is 43.1. The van der Waals surface area contributed by atoms with Crippen LogP contribution in [0.1, 0.15) is 18.1 Å². The van der Waals surface area contributed by atoms with Crippen LogP contribution >= 0.6 is 11.9 Å². The van der Waals surface area contributed by atoms with Gasteiger partial charge in [0.2, 0.25) is 0 Å². The Kier molecular flexibility index (Phi) is 6.82. The van der Waals surface area contributed by atoms with Gasteiger partial charge in [-0.05, 0) is 73.3 Å². The first kappa shape index (κ1) is 22.3. The molecule has 1 N–H and O–H groups in total. The second-order valence-corrected chi connectivity index (χ2v) is 8.42. The van der Waals surface area contributed by atoms with Crippen LogP contribution in [0.25, 0.3) is 0 Å². The summed E-state index contributed by atoms with van der Waals surface area (Å²) in [7, 11) is 0. The third-order valence-corrected chi connectivity index (χ3v) is 5.91.